The van der Waals surface area contributed by atoms with Crippen molar-refractivity contribution in [3.8, 4) is 0 Å². The number of hydrogen-bond acceptors (Lipinski definition) is 7. The number of fused-ring (bicyclic) bond motifs is 1. The van der Waals surface area contributed by atoms with Gasteiger partial charge in [-0.05, 0) is 38.4 Å². The van der Waals surface area contributed by atoms with Crippen LogP contribution in [0.5, 0.6) is 0 Å². The molecule has 1 aromatic heterocycles. The molecule has 4 rings (SSSR count). The fourth-order valence-corrected chi connectivity index (χ4v) is 5.91. The number of likely N-dealkylation sites (N-methyl/N-ethyl adjacent to an activating group) is 1. The monoisotopic (exact) mass is 511 g/mol. The molecule has 3 atom stereocenters. The molecule has 1 aliphatic carbocycles. The van der Waals surface area contributed by atoms with E-state index in [9.17, 15) is 14.4 Å². The highest BCUT2D eigenvalue weighted by Gasteiger charge is 2.37. The summed E-state index contributed by atoms with van der Waals surface area (Å²) in [6, 6.07) is 5.81. The second-order valence-corrected chi connectivity index (χ2v) is 10.9. The second kappa shape index (κ2) is 10.8. The number of hydrogen-bond donors (Lipinski definition) is 4. The lowest BCUT2D eigenvalue weighted by Gasteiger charge is -2.37. The SMILES string of the molecule is CN1CCc2nc(C(=O)N[C@@H]3C[C@@H](C(=O)N(C)C)CC[C@@H]3NC(=O)c3cccc(C(=N)N)c3)sc2C1. The molecule has 0 unspecified atom stereocenters. The maximum atomic E-state index is 13.2. The van der Waals surface area contributed by atoms with E-state index in [0.717, 1.165) is 30.1 Å². The topological polar surface area (TPSA) is 145 Å². The molecular weight excluding hydrogens is 478 g/mol. The third-order valence-electron chi connectivity index (χ3n) is 6.83. The molecule has 0 radical (unpaired) electrons. The Morgan fingerprint density at radius 1 is 1.14 bits per heavy atom. The summed E-state index contributed by atoms with van der Waals surface area (Å²) in [5, 5.41) is 14.2. The predicted molar refractivity (Wildman–Crippen MR) is 138 cm³/mol. The fraction of sp³-hybridized carbons (Fsp3) is 0.480. The van der Waals surface area contributed by atoms with E-state index in [2.05, 4.69) is 20.5 Å². The Morgan fingerprint density at radius 3 is 2.58 bits per heavy atom. The van der Waals surface area contributed by atoms with Gasteiger partial charge in [0, 0.05) is 61.6 Å². The Bertz CT molecular complexity index is 1180. The Hall–Kier alpha value is -3.31. The second-order valence-electron chi connectivity index (χ2n) is 9.77. The van der Waals surface area contributed by atoms with Crippen LogP contribution >= 0.6 is 11.3 Å². The number of nitrogens with zero attached hydrogens (tertiary/aromatic N) is 3. The van der Waals surface area contributed by atoms with Crippen molar-refractivity contribution in [2.24, 2.45) is 11.7 Å². The normalized spacial score (nSPS) is 21.8. The minimum atomic E-state index is -0.427. The highest BCUT2D eigenvalue weighted by Crippen LogP contribution is 2.28. The molecule has 10 nitrogen and oxygen atoms in total. The van der Waals surface area contributed by atoms with E-state index in [4.69, 9.17) is 11.1 Å². The highest BCUT2D eigenvalue weighted by molar-refractivity contribution is 7.13. The molecule has 36 heavy (non-hydrogen) atoms. The van der Waals surface area contributed by atoms with Crippen LogP contribution in [0.4, 0.5) is 0 Å². The van der Waals surface area contributed by atoms with Crippen LogP contribution in [0.2, 0.25) is 0 Å². The van der Waals surface area contributed by atoms with Gasteiger partial charge in [-0.15, -0.1) is 11.3 Å². The van der Waals surface area contributed by atoms with Crippen molar-refractivity contribution >= 4 is 34.9 Å². The molecule has 2 aromatic rings. The molecule has 0 saturated heterocycles. The molecule has 5 N–H and O–H groups in total. The number of carbonyl (C=O) groups excluding carboxylic acids is 3. The first-order valence-electron chi connectivity index (χ1n) is 12.1. The Morgan fingerprint density at radius 2 is 1.86 bits per heavy atom. The average Bonchev–Trinajstić information content (AvgIpc) is 3.28. The Labute approximate surface area is 214 Å². The highest BCUT2D eigenvalue weighted by atomic mass is 32.1. The summed E-state index contributed by atoms with van der Waals surface area (Å²) in [5.41, 5.74) is 7.40. The zero-order valence-corrected chi connectivity index (χ0v) is 21.7. The molecule has 1 aliphatic heterocycles. The summed E-state index contributed by atoms with van der Waals surface area (Å²) in [5.74, 6) is -0.932. The first-order chi connectivity index (χ1) is 17.1. The molecule has 0 spiro atoms. The lowest BCUT2D eigenvalue weighted by Crippen LogP contribution is -2.55. The van der Waals surface area contributed by atoms with Crippen molar-refractivity contribution in [2.45, 2.75) is 44.3 Å². The summed E-state index contributed by atoms with van der Waals surface area (Å²) >= 11 is 1.40. The number of nitrogens with two attached hydrogens (primary N) is 1. The minimum Gasteiger partial charge on any atom is -0.384 e. The van der Waals surface area contributed by atoms with Crippen molar-refractivity contribution in [2.75, 3.05) is 27.7 Å². The largest absolute Gasteiger partial charge is 0.384 e. The quantitative estimate of drug-likeness (QED) is 0.339. The van der Waals surface area contributed by atoms with E-state index in [1.807, 2.05) is 7.05 Å². The van der Waals surface area contributed by atoms with Crippen LogP contribution in [-0.4, -0.2) is 78.1 Å². The maximum Gasteiger partial charge on any atom is 0.280 e. The fourth-order valence-electron chi connectivity index (χ4n) is 4.82. The molecule has 2 aliphatic rings. The van der Waals surface area contributed by atoms with Crippen molar-refractivity contribution in [1.29, 1.82) is 5.41 Å². The third-order valence-corrected chi connectivity index (χ3v) is 7.91. The number of carbonyl (C=O) groups is 3. The smallest absolute Gasteiger partial charge is 0.280 e. The zero-order chi connectivity index (χ0) is 26.0. The summed E-state index contributed by atoms with van der Waals surface area (Å²) in [6.07, 6.45) is 2.40. The minimum absolute atomic E-state index is 0.0148. The van der Waals surface area contributed by atoms with E-state index in [-0.39, 0.29) is 35.5 Å². The van der Waals surface area contributed by atoms with Gasteiger partial charge < -0.3 is 26.2 Å². The van der Waals surface area contributed by atoms with Crippen molar-refractivity contribution < 1.29 is 14.4 Å². The predicted octanol–water partition coefficient (Wildman–Crippen LogP) is 1.20. The Kier molecular flexibility index (Phi) is 7.70. The lowest BCUT2D eigenvalue weighted by atomic mass is 9.81. The molecule has 3 amide bonds. The number of rotatable bonds is 6. The molecule has 192 valence electrons. The number of amides is 3. The van der Waals surface area contributed by atoms with E-state index in [1.54, 1.807) is 43.3 Å². The Balaban J connectivity index is 1.51. The van der Waals surface area contributed by atoms with E-state index in [0.29, 0.717) is 35.4 Å². The summed E-state index contributed by atoms with van der Waals surface area (Å²) in [7, 11) is 5.50. The lowest BCUT2D eigenvalue weighted by molar-refractivity contribution is -0.134. The van der Waals surface area contributed by atoms with Crippen LogP contribution < -0.4 is 16.4 Å². The molecule has 2 heterocycles. The number of thiazole rings is 1. The maximum absolute atomic E-state index is 13.2. The van der Waals surface area contributed by atoms with Gasteiger partial charge in [0.2, 0.25) is 5.91 Å². The molecule has 1 saturated carbocycles. The van der Waals surface area contributed by atoms with Crippen LogP contribution in [0, 0.1) is 11.3 Å². The number of nitrogen functional groups attached to an aromatic ring is 1. The standard InChI is InChI=1S/C25H33N7O3S/c1-31(2)25(35)16-7-8-17(28-22(33)15-6-4-5-14(11-15)21(26)27)19(12-16)29-23(34)24-30-18-9-10-32(3)13-20(18)36-24/h4-6,11,16-17,19H,7-10,12-13H2,1-3H3,(H3,26,27)(H,28,33)(H,29,34)/t16-,17-,19+/m0/s1. The zero-order valence-electron chi connectivity index (χ0n) is 20.8. The van der Waals surface area contributed by atoms with Crippen LogP contribution in [0.15, 0.2) is 24.3 Å². The van der Waals surface area contributed by atoms with Gasteiger partial charge in [0.05, 0.1) is 11.7 Å². The van der Waals surface area contributed by atoms with E-state index in [1.165, 1.54) is 11.3 Å². The molecule has 1 fully saturated rings. The van der Waals surface area contributed by atoms with Crippen LogP contribution in [-0.2, 0) is 17.8 Å². The summed E-state index contributed by atoms with van der Waals surface area (Å²) in [4.78, 5) is 48.4. The van der Waals surface area contributed by atoms with E-state index < -0.39 is 6.04 Å². The summed E-state index contributed by atoms with van der Waals surface area (Å²) < 4.78 is 0. The summed E-state index contributed by atoms with van der Waals surface area (Å²) in [6.45, 7) is 1.69. The molecular formula is C25H33N7O3S. The molecule has 11 heteroatoms. The van der Waals surface area contributed by atoms with E-state index >= 15 is 0 Å². The van der Waals surface area contributed by atoms with Crippen LogP contribution in [0.1, 0.15) is 55.6 Å². The number of amidine groups is 1. The van der Waals surface area contributed by atoms with Gasteiger partial charge in [-0.2, -0.15) is 0 Å². The number of nitrogens with one attached hydrogen (secondary N) is 3. The number of benzene rings is 1. The van der Waals surface area contributed by atoms with Gasteiger partial charge in [0.25, 0.3) is 11.8 Å². The van der Waals surface area contributed by atoms with Crippen LogP contribution in [0.25, 0.3) is 0 Å². The van der Waals surface area contributed by atoms with Crippen molar-refractivity contribution in [3.63, 3.8) is 0 Å². The van der Waals surface area contributed by atoms with Gasteiger partial charge in [0.1, 0.15) is 5.84 Å². The average molecular weight is 512 g/mol. The van der Waals surface area contributed by atoms with Crippen molar-refractivity contribution in [3.05, 3.63) is 51.0 Å². The first kappa shape index (κ1) is 25.8. The van der Waals surface area contributed by atoms with Gasteiger partial charge in [-0.25, -0.2) is 4.98 Å². The first-order valence-corrected chi connectivity index (χ1v) is 12.9. The molecule has 1 aromatic carbocycles. The van der Waals surface area contributed by atoms with Crippen molar-refractivity contribution in [1.82, 2.24) is 25.4 Å². The molecule has 0 bridgehead atoms. The van der Waals surface area contributed by atoms with Crippen LogP contribution in [0.3, 0.4) is 0 Å². The van der Waals surface area contributed by atoms with Gasteiger partial charge in [-0.3, -0.25) is 19.8 Å². The number of aromatic nitrogens is 1. The van der Waals surface area contributed by atoms with Gasteiger partial charge >= 0.3 is 0 Å². The van der Waals surface area contributed by atoms with Gasteiger partial charge in [0.15, 0.2) is 5.01 Å². The van der Waals surface area contributed by atoms with Gasteiger partial charge in [-0.1, -0.05) is 12.1 Å². The third kappa shape index (κ3) is 5.73.